The van der Waals surface area contributed by atoms with E-state index in [1.54, 1.807) is 0 Å². The van der Waals surface area contributed by atoms with Crippen LogP contribution in [-0.2, 0) is 28.6 Å². The van der Waals surface area contributed by atoms with Gasteiger partial charge in [-0.15, -0.1) is 0 Å². The molecule has 0 radical (unpaired) electrons. The first-order chi connectivity index (χ1) is 7.44. The van der Waals surface area contributed by atoms with E-state index in [0.29, 0.717) is 18.7 Å². The summed E-state index contributed by atoms with van der Waals surface area (Å²) in [6.45, 7) is 4.46. The molecule has 0 saturated carbocycles. The van der Waals surface area contributed by atoms with Gasteiger partial charge in [0.05, 0.1) is 22.9 Å². The van der Waals surface area contributed by atoms with Gasteiger partial charge in [0.25, 0.3) is 0 Å². The van der Waals surface area contributed by atoms with Gasteiger partial charge in [-0.1, -0.05) is 0 Å². The molecule has 5 nitrogen and oxygen atoms in total. The molecule has 0 saturated heterocycles. The minimum Gasteiger partial charge on any atom is -0.325 e. The molecule has 2 rings (SSSR count). The molecule has 0 unspecified atom stereocenters. The lowest BCUT2D eigenvalue weighted by Crippen LogP contribution is -2.19. The van der Waals surface area contributed by atoms with Gasteiger partial charge >= 0.3 is 0 Å². The molecule has 2 N–H and O–H groups in total. The average Bonchev–Trinajstić information content (AvgIpc) is 2.53. The molecule has 0 bridgehead atoms. The molecular weight excluding hydrogens is 226 g/mol. The maximum absolute atomic E-state index is 11.5. The van der Waals surface area contributed by atoms with Gasteiger partial charge in [0.15, 0.2) is 9.84 Å². The zero-order chi connectivity index (χ0) is 11.9. The van der Waals surface area contributed by atoms with Crippen LogP contribution in [0.2, 0.25) is 0 Å². The van der Waals surface area contributed by atoms with Crippen LogP contribution < -0.4 is 5.73 Å². The Bertz CT molecular complexity index is 502. The van der Waals surface area contributed by atoms with Crippen molar-refractivity contribution in [1.29, 1.82) is 0 Å². The van der Waals surface area contributed by atoms with Crippen molar-refractivity contribution >= 4 is 9.84 Å². The maximum atomic E-state index is 11.5. The van der Waals surface area contributed by atoms with E-state index < -0.39 is 9.84 Å². The largest absolute Gasteiger partial charge is 0.325 e. The third kappa shape index (κ3) is 1.87. The fraction of sp³-hybridized carbons (Fsp3) is 0.700. The zero-order valence-electron chi connectivity index (χ0n) is 9.60. The van der Waals surface area contributed by atoms with Crippen LogP contribution in [0, 0.1) is 0 Å². The first kappa shape index (κ1) is 11.6. The summed E-state index contributed by atoms with van der Waals surface area (Å²) in [6.07, 6.45) is 0.552. The lowest BCUT2D eigenvalue weighted by Gasteiger charge is -2.12. The quantitative estimate of drug-likeness (QED) is 0.815. The second kappa shape index (κ2) is 3.85. The van der Waals surface area contributed by atoms with Gasteiger partial charge in [-0.2, -0.15) is 5.10 Å². The Morgan fingerprint density at radius 2 is 2.19 bits per heavy atom. The van der Waals surface area contributed by atoms with E-state index in [0.717, 1.165) is 11.3 Å². The van der Waals surface area contributed by atoms with Crippen molar-refractivity contribution in [2.75, 3.05) is 5.75 Å². The van der Waals surface area contributed by atoms with Crippen molar-refractivity contribution in [3.8, 4) is 0 Å². The molecule has 0 spiro atoms. The second-order valence-corrected chi connectivity index (χ2v) is 6.64. The maximum Gasteiger partial charge on any atom is 0.156 e. The molecule has 16 heavy (non-hydrogen) atoms. The van der Waals surface area contributed by atoms with Gasteiger partial charge in [0, 0.05) is 12.6 Å². The van der Waals surface area contributed by atoms with Crippen LogP contribution in [0.4, 0.5) is 0 Å². The van der Waals surface area contributed by atoms with Crippen LogP contribution in [0.3, 0.4) is 0 Å². The molecule has 1 aliphatic rings. The molecule has 90 valence electrons. The highest BCUT2D eigenvalue weighted by molar-refractivity contribution is 7.90. The first-order valence-corrected chi connectivity index (χ1v) is 7.26. The number of rotatable bonds is 2. The predicted octanol–water partition coefficient (Wildman–Crippen LogP) is 0.394. The number of aromatic nitrogens is 2. The lowest BCUT2D eigenvalue weighted by atomic mass is 10.1. The highest BCUT2D eigenvalue weighted by atomic mass is 32.2. The predicted molar refractivity (Wildman–Crippen MR) is 61.7 cm³/mol. The average molecular weight is 243 g/mol. The zero-order valence-corrected chi connectivity index (χ0v) is 10.4. The van der Waals surface area contributed by atoms with Gasteiger partial charge in [0.1, 0.15) is 0 Å². The Morgan fingerprint density at radius 1 is 1.50 bits per heavy atom. The van der Waals surface area contributed by atoms with E-state index in [1.807, 2.05) is 18.5 Å². The fourth-order valence-corrected chi connectivity index (χ4v) is 3.45. The van der Waals surface area contributed by atoms with E-state index in [-0.39, 0.29) is 17.5 Å². The normalized spacial score (nSPS) is 18.8. The van der Waals surface area contributed by atoms with Gasteiger partial charge in [0.2, 0.25) is 0 Å². The van der Waals surface area contributed by atoms with Crippen molar-refractivity contribution < 1.29 is 8.42 Å². The Hall–Kier alpha value is -0.880. The third-order valence-electron chi connectivity index (χ3n) is 2.90. The number of sulfone groups is 1. The monoisotopic (exact) mass is 243 g/mol. The topological polar surface area (TPSA) is 78.0 Å². The smallest absolute Gasteiger partial charge is 0.156 e. The summed E-state index contributed by atoms with van der Waals surface area (Å²) >= 11 is 0. The van der Waals surface area contributed by atoms with Crippen molar-refractivity contribution in [3.63, 3.8) is 0 Å². The molecule has 0 amide bonds. The van der Waals surface area contributed by atoms with Crippen molar-refractivity contribution in [1.82, 2.24) is 9.78 Å². The van der Waals surface area contributed by atoms with Crippen LogP contribution >= 0.6 is 0 Å². The third-order valence-corrected chi connectivity index (χ3v) is 4.44. The molecular formula is C10H17N3O2S. The summed E-state index contributed by atoms with van der Waals surface area (Å²) in [7, 11) is -2.95. The van der Waals surface area contributed by atoms with Crippen molar-refractivity contribution in [3.05, 3.63) is 17.0 Å². The lowest BCUT2D eigenvalue weighted by molar-refractivity contribution is 0.506. The number of hydrogen-bond donors (Lipinski definition) is 1. The Balaban J connectivity index is 2.52. The van der Waals surface area contributed by atoms with Gasteiger partial charge in [-0.05, 0) is 25.8 Å². The van der Waals surface area contributed by atoms with Crippen LogP contribution in [0.1, 0.15) is 36.8 Å². The van der Waals surface area contributed by atoms with E-state index in [2.05, 4.69) is 5.10 Å². The SMILES string of the molecule is CC(C)n1nc2c(c1CN)CCS(=O)(=O)C2. The Labute approximate surface area is 95.6 Å². The number of nitrogens with two attached hydrogens (primary N) is 1. The molecule has 2 heterocycles. The fourth-order valence-electron chi connectivity index (χ4n) is 2.14. The summed E-state index contributed by atoms with van der Waals surface area (Å²) in [4.78, 5) is 0. The van der Waals surface area contributed by atoms with Crippen LogP contribution in [-0.4, -0.2) is 24.0 Å². The summed E-state index contributed by atoms with van der Waals surface area (Å²) < 4.78 is 24.9. The van der Waals surface area contributed by atoms with Crippen LogP contribution in [0.15, 0.2) is 0 Å². The molecule has 0 aromatic carbocycles. The Morgan fingerprint density at radius 3 is 2.75 bits per heavy atom. The molecule has 0 fully saturated rings. The molecule has 0 aliphatic carbocycles. The standard InChI is InChI=1S/C10H17N3O2S/c1-7(2)13-10(5-11)8-3-4-16(14,15)6-9(8)12-13/h7H,3-6,11H2,1-2H3. The van der Waals surface area contributed by atoms with Crippen molar-refractivity contribution in [2.45, 2.75) is 38.6 Å². The summed E-state index contributed by atoms with van der Waals surface area (Å²) in [6, 6.07) is 0.215. The van der Waals surface area contributed by atoms with E-state index in [9.17, 15) is 8.42 Å². The molecule has 1 aliphatic heterocycles. The summed E-state index contributed by atoms with van der Waals surface area (Å²) in [5, 5.41) is 4.37. The van der Waals surface area contributed by atoms with Gasteiger partial charge in [-0.25, -0.2) is 8.42 Å². The second-order valence-electron chi connectivity index (χ2n) is 4.46. The summed E-state index contributed by atoms with van der Waals surface area (Å²) in [5.41, 5.74) is 8.44. The number of nitrogens with zero attached hydrogens (tertiary/aromatic N) is 2. The van der Waals surface area contributed by atoms with Gasteiger partial charge < -0.3 is 5.73 Å². The first-order valence-electron chi connectivity index (χ1n) is 5.44. The highest BCUT2D eigenvalue weighted by Crippen LogP contribution is 2.25. The Kier molecular flexibility index (Phi) is 2.79. The van der Waals surface area contributed by atoms with Crippen LogP contribution in [0.5, 0.6) is 0 Å². The molecule has 0 atom stereocenters. The minimum atomic E-state index is -2.95. The minimum absolute atomic E-state index is 0.0645. The van der Waals surface area contributed by atoms with E-state index in [4.69, 9.17) is 5.73 Å². The molecule has 6 heteroatoms. The van der Waals surface area contributed by atoms with E-state index in [1.165, 1.54) is 0 Å². The molecule has 1 aromatic heterocycles. The summed E-state index contributed by atoms with van der Waals surface area (Å²) in [5.74, 6) is 0.284. The van der Waals surface area contributed by atoms with E-state index >= 15 is 0 Å². The number of fused-ring (bicyclic) bond motifs is 1. The van der Waals surface area contributed by atoms with Crippen molar-refractivity contribution in [2.24, 2.45) is 5.73 Å². The highest BCUT2D eigenvalue weighted by Gasteiger charge is 2.28. The van der Waals surface area contributed by atoms with Crippen LogP contribution in [0.25, 0.3) is 0 Å². The number of hydrogen-bond acceptors (Lipinski definition) is 4. The van der Waals surface area contributed by atoms with Gasteiger partial charge in [-0.3, -0.25) is 4.68 Å². The molecule has 1 aromatic rings.